The van der Waals surface area contributed by atoms with Crippen molar-refractivity contribution in [2.45, 2.75) is 20.4 Å². The minimum absolute atomic E-state index is 0.730. The van der Waals surface area contributed by atoms with Gasteiger partial charge in [0.2, 0.25) is 5.95 Å². The second-order valence-electron chi connectivity index (χ2n) is 5.35. The zero-order valence-corrected chi connectivity index (χ0v) is 14.1. The highest BCUT2D eigenvalue weighted by Crippen LogP contribution is 2.26. The fourth-order valence-electron chi connectivity index (χ4n) is 2.52. The van der Waals surface area contributed by atoms with Gasteiger partial charge in [0.05, 0.1) is 17.9 Å². The first-order valence-corrected chi connectivity index (χ1v) is 8.01. The molecule has 0 aliphatic rings. The van der Waals surface area contributed by atoms with Gasteiger partial charge >= 0.3 is 0 Å². The van der Waals surface area contributed by atoms with E-state index >= 15 is 0 Å². The Morgan fingerprint density at radius 3 is 2.73 bits per heavy atom. The number of hydrogen-bond donors (Lipinski definition) is 0. The van der Waals surface area contributed by atoms with Gasteiger partial charge in [0.25, 0.3) is 0 Å². The number of rotatable bonds is 4. The summed E-state index contributed by atoms with van der Waals surface area (Å²) in [5.74, 6) is 0.730. The highest BCUT2D eigenvalue weighted by Gasteiger charge is 2.15. The van der Waals surface area contributed by atoms with E-state index in [2.05, 4.69) is 39.4 Å². The predicted molar refractivity (Wildman–Crippen MR) is 90.1 cm³/mol. The average Bonchev–Trinajstić information content (AvgIpc) is 3.08. The minimum atomic E-state index is 0.730. The second kappa shape index (κ2) is 5.88. The van der Waals surface area contributed by atoms with Crippen molar-refractivity contribution in [3.63, 3.8) is 0 Å². The number of nitrogens with zero attached hydrogens (tertiary/aromatic N) is 5. The molecular weight excluding hydrogens is 294 g/mol. The van der Waals surface area contributed by atoms with Crippen LogP contribution in [0.25, 0.3) is 11.3 Å². The Morgan fingerprint density at radius 1 is 1.27 bits per heavy atom. The summed E-state index contributed by atoms with van der Waals surface area (Å²) in [6, 6.07) is 6.13. The summed E-state index contributed by atoms with van der Waals surface area (Å²) in [5, 5.41) is 6.55. The molecular formula is C16H19N5S. The maximum Gasteiger partial charge on any atom is 0.225 e. The summed E-state index contributed by atoms with van der Waals surface area (Å²) in [5.41, 5.74) is 4.12. The Labute approximate surface area is 134 Å². The normalized spacial score (nSPS) is 10.9. The summed E-state index contributed by atoms with van der Waals surface area (Å²) in [6.07, 6.45) is 1.81. The number of anilines is 1. The predicted octanol–water partition coefficient (Wildman–Crippen LogP) is 3.19. The van der Waals surface area contributed by atoms with Crippen LogP contribution in [0.4, 0.5) is 5.95 Å². The monoisotopic (exact) mass is 313 g/mol. The number of thiophene rings is 1. The van der Waals surface area contributed by atoms with Crippen LogP contribution in [-0.4, -0.2) is 26.8 Å². The first kappa shape index (κ1) is 14.7. The Morgan fingerprint density at radius 2 is 2.09 bits per heavy atom. The third-order valence-electron chi connectivity index (χ3n) is 3.72. The molecule has 0 spiro atoms. The SMILES string of the molecule is Cc1nn(C)c(C)c1-c1ccnc(N(C)Cc2cccs2)n1. The molecule has 0 saturated carbocycles. The van der Waals surface area contributed by atoms with Crippen molar-refractivity contribution in [3.8, 4) is 11.3 Å². The topological polar surface area (TPSA) is 46.8 Å². The first-order chi connectivity index (χ1) is 10.6. The quantitative estimate of drug-likeness (QED) is 0.742. The largest absolute Gasteiger partial charge is 0.339 e. The molecule has 6 heteroatoms. The van der Waals surface area contributed by atoms with Crippen molar-refractivity contribution in [2.24, 2.45) is 7.05 Å². The van der Waals surface area contributed by atoms with Crippen molar-refractivity contribution in [1.82, 2.24) is 19.7 Å². The summed E-state index contributed by atoms with van der Waals surface area (Å²) in [4.78, 5) is 12.5. The molecule has 0 aliphatic carbocycles. The second-order valence-corrected chi connectivity index (χ2v) is 6.38. The third-order valence-corrected chi connectivity index (χ3v) is 4.58. The molecule has 5 nitrogen and oxygen atoms in total. The van der Waals surface area contributed by atoms with Crippen LogP contribution in [0.15, 0.2) is 29.8 Å². The van der Waals surface area contributed by atoms with Gasteiger partial charge in [-0.2, -0.15) is 5.10 Å². The molecule has 0 unspecified atom stereocenters. The van der Waals surface area contributed by atoms with Gasteiger partial charge in [0.15, 0.2) is 0 Å². The highest BCUT2D eigenvalue weighted by atomic mass is 32.1. The van der Waals surface area contributed by atoms with E-state index in [4.69, 9.17) is 4.98 Å². The van der Waals surface area contributed by atoms with Gasteiger partial charge in [-0.1, -0.05) is 6.07 Å². The fraction of sp³-hybridized carbons (Fsp3) is 0.312. The van der Waals surface area contributed by atoms with E-state index in [1.807, 2.05) is 38.0 Å². The van der Waals surface area contributed by atoms with Crippen LogP contribution in [-0.2, 0) is 13.6 Å². The molecule has 0 saturated heterocycles. The van der Waals surface area contributed by atoms with Crippen molar-refractivity contribution in [3.05, 3.63) is 46.0 Å². The van der Waals surface area contributed by atoms with Gasteiger partial charge in [-0.05, 0) is 31.4 Å². The number of aromatic nitrogens is 4. The van der Waals surface area contributed by atoms with E-state index in [1.54, 1.807) is 11.3 Å². The van der Waals surface area contributed by atoms with E-state index in [9.17, 15) is 0 Å². The summed E-state index contributed by atoms with van der Waals surface area (Å²) in [6.45, 7) is 4.89. The highest BCUT2D eigenvalue weighted by molar-refractivity contribution is 7.09. The smallest absolute Gasteiger partial charge is 0.225 e. The van der Waals surface area contributed by atoms with Crippen LogP contribution in [0, 0.1) is 13.8 Å². The Balaban J connectivity index is 1.92. The standard InChI is InChI=1S/C16H19N5S/c1-11-15(12(2)21(4)19-11)14-7-8-17-16(18-14)20(3)10-13-6-5-9-22-13/h5-9H,10H2,1-4H3. The molecule has 0 radical (unpaired) electrons. The van der Waals surface area contributed by atoms with E-state index < -0.39 is 0 Å². The van der Waals surface area contributed by atoms with Crippen molar-refractivity contribution in [2.75, 3.05) is 11.9 Å². The third kappa shape index (κ3) is 2.74. The maximum atomic E-state index is 4.72. The van der Waals surface area contributed by atoms with Crippen LogP contribution < -0.4 is 4.90 Å². The first-order valence-electron chi connectivity index (χ1n) is 7.13. The number of aryl methyl sites for hydroxylation is 2. The maximum absolute atomic E-state index is 4.72. The van der Waals surface area contributed by atoms with Crippen molar-refractivity contribution < 1.29 is 0 Å². The molecule has 0 amide bonds. The molecule has 0 aliphatic heterocycles. The summed E-state index contributed by atoms with van der Waals surface area (Å²) < 4.78 is 1.89. The zero-order chi connectivity index (χ0) is 15.7. The molecule has 0 bridgehead atoms. The lowest BCUT2D eigenvalue weighted by Crippen LogP contribution is -2.18. The van der Waals surface area contributed by atoms with Crippen molar-refractivity contribution >= 4 is 17.3 Å². The van der Waals surface area contributed by atoms with Gasteiger partial charge in [-0.25, -0.2) is 9.97 Å². The van der Waals surface area contributed by atoms with E-state index in [1.165, 1.54) is 4.88 Å². The Kier molecular flexibility index (Phi) is 3.94. The zero-order valence-electron chi connectivity index (χ0n) is 13.2. The van der Waals surface area contributed by atoms with Crippen LogP contribution in [0.1, 0.15) is 16.3 Å². The lowest BCUT2D eigenvalue weighted by molar-refractivity contribution is 0.731. The molecule has 3 aromatic heterocycles. The van der Waals surface area contributed by atoms with Gasteiger partial charge < -0.3 is 4.90 Å². The molecule has 114 valence electrons. The summed E-state index contributed by atoms with van der Waals surface area (Å²) in [7, 11) is 3.97. The van der Waals surface area contributed by atoms with Gasteiger partial charge in [0.1, 0.15) is 0 Å². The van der Waals surface area contributed by atoms with Crippen LogP contribution >= 0.6 is 11.3 Å². The Hall–Kier alpha value is -2.21. The fourth-order valence-corrected chi connectivity index (χ4v) is 3.28. The molecule has 3 heterocycles. The molecule has 22 heavy (non-hydrogen) atoms. The molecule has 0 aromatic carbocycles. The van der Waals surface area contributed by atoms with Crippen molar-refractivity contribution in [1.29, 1.82) is 0 Å². The summed E-state index contributed by atoms with van der Waals surface area (Å²) >= 11 is 1.74. The molecule has 3 rings (SSSR count). The molecule has 0 atom stereocenters. The van der Waals surface area contributed by atoms with Crippen LogP contribution in [0.3, 0.4) is 0 Å². The molecule has 3 aromatic rings. The van der Waals surface area contributed by atoms with Crippen LogP contribution in [0.2, 0.25) is 0 Å². The van der Waals surface area contributed by atoms with Gasteiger partial charge in [-0.3, -0.25) is 4.68 Å². The minimum Gasteiger partial charge on any atom is -0.339 e. The number of hydrogen-bond acceptors (Lipinski definition) is 5. The van der Waals surface area contributed by atoms with Gasteiger partial charge in [-0.15, -0.1) is 11.3 Å². The molecule has 0 fully saturated rings. The Bertz CT molecular complexity index is 776. The molecule has 0 N–H and O–H groups in total. The van der Waals surface area contributed by atoms with Gasteiger partial charge in [0, 0.05) is 36.4 Å². The van der Waals surface area contributed by atoms with E-state index in [0.29, 0.717) is 0 Å². The lowest BCUT2D eigenvalue weighted by atomic mass is 10.1. The lowest BCUT2D eigenvalue weighted by Gasteiger charge is -2.16. The van der Waals surface area contributed by atoms with E-state index in [-0.39, 0.29) is 0 Å². The van der Waals surface area contributed by atoms with Crippen LogP contribution in [0.5, 0.6) is 0 Å². The average molecular weight is 313 g/mol. The van der Waals surface area contributed by atoms with E-state index in [0.717, 1.165) is 35.1 Å².